The maximum atomic E-state index is 8.88. The summed E-state index contributed by atoms with van der Waals surface area (Å²) in [5.74, 6) is 0.966. The minimum atomic E-state index is 0.686. The van der Waals surface area contributed by atoms with Gasteiger partial charge in [0.15, 0.2) is 0 Å². The van der Waals surface area contributed by atoms with Crippen LogP contribution in [0.4, 0.5) is 0 Å². The molecule has 2 aromatic carbocycles. The summed E-state index contributed by atoms with van der Waals surface area (Å²) in [5.41, 5.74) is 3.06. The van der Waals surface area contributed by atoms with E-state index < -0.39 is 0 Å². The Morgan fingerprint density at radius 3 is 2.81 bits per heavy atom. The van der Waals surface area contributed by atoms with Crippen molar-refractivity contribution < 1.29 is 4.74 Å². The monoisotopic (exact) mass is 280 g/mol. The molecule has 0 unspecified atom stereocenters. The average molecular weight is 280 g/mol. The molecule has 108 valence electrons. The van der Waals surface area contributed by atoms with E-state index in [0.717, 1.165) is 30.8 Å². The van der Waals surface area contributed by atoms with Crippen LogP contribution in [0.5, 0.6) is 5.75 Å². The van der Waals surface area contributed by atoms with Gasteiger partial charge in [-0.05, 0) is 49.2 Å². The van der Waals surface area contributed by atoms with E-state index in [4.69, 9.17) is 10.00 Å². The molecule has 2 rings (SSSR count). The highest BCUT2D eigenvalue weighted by Gasteiger charge is 2.02. The van der Waals surface area contributed by atoms with Gasteiger partial charge in [-0.15, -0.1) is 0 Å². The van der Waals surface area contributed by atoms with Crippen molar-refractivity contribution in [2.45, 2.75) is 19.9 Å². The zero-order chi connectivity index (χ0) is 14.9. The van der Waals surface area contributed by atoms with Gasteiger partial charge in [0.25, 0.3) is 0 Å². The molecule has 0 saturated heterocycles. The lowest BCUT2D eigenvalue weighted by atomic mass is 10.1. The van der Waals surface area contributed by atoms with Crippen LogP contribution < -0.4 is 10.1 Å². The highest BCUT2D eigenvalue weighted by molar-refractivity contribution is 5.34. The molecule has 0 aliphatic heterocycles. The first kappa shape index (κ1) is 15.1. The summed E-state index contributed by atoms with van der Waals surface area (Å²) in [6.07, 6.45) is 0.925. The van der Waals surface area contributed by atoms with Crippen LogP contribution in [0.15, 0.2) is 48.5 Å². The smallest absolute Gasteiger partial charge is 0.122 e. The van der Waals surface area contributed by atoms with E-state index in [1.165, 1.54) is 5.56 Å². The van der Waals surface area contributed by atoms with Gasteiger partial charge >= 0.3 is 0 Å². The van der Waals surface area contributed by atoms with Gasteiger partial charge in [0.2, 0.25) is 0 Å². The normalized spacial score (nSPS) is 10.1. The molecule has 2 aromatic rings. The molecule has 21 heavy (non-hydrogen) atoms. The SMILES string of the molecule is CCOc1ccccc1CCNCc1cccc(C#N)c1. The molecule has 0 spiro atoms. The fraction of sp³-hybridized carbons (Fsp3) is 0.278. The summed E-state index contributed by atoms with van der Waals surface area (Å²) in [6.45, 7) is 4.33. The van der Waals surface area contributed by atoms with Crippen molar-refractivity contribution in [1.82, 2.24) is 5.32 Å². The van der Waals surface area contributed by atoms with E-state index >= 15 is 0 Å². The van der Waals surface area contributed by atoms with E-state index in [1.54, 1.807) is 0 Å². The third kappa shape index (κ3) is 4.62. The molecule has 0 bridgehead atoms. The Kier molecular flexibility index (Phi) is 5.81. The molecule has 3 nitrogen and oxygen atoms in total. The van der Waals surface area contributed by atoms with Crippen molar-refractivity contribution in [2.75, 3.05) is 13.2 Å². The molecule has 0 amide bonds. The number of benzene rings is 2. The molecule has 0 aliphatic rings. The lowest BCUT2D eigenvalue weighted by molar-refractivity contribution is 0.336. The van der Waals surface area contributed by atoms with Crippen LogP contribution in [0, 0.1) is 11.3 Å². The summed E-state index contributed by atoms with van der Waals surface area (Å²) in [6, 6.07) is 18.0. The molecule has 0 aliphatic carbocycles. The van der Waals surface area contributed by atoms with E-state index in [0.29, 0.717) is 12.2 Å². The van der Waals surface area contributed by atoms with Crippen LogP contribution in [0.2, 0.25) is 0 Å². The number of nitrogens with zero attached hydrogens (tertiary/aromatic N) is 1. The van der Waals surface area contributed by atoms with Gasteiger partial charge in [0.1, 0.15) is 5.75 Å². The first-order valence-corrected chi connectivity index (χ1v) is 7.24. The maximum Gasteiger partial charge on any atom is 0.122 e. The summed E-state index contributed by atoms with van der Waals surface area (Å²) in [4.78, 5) is 0. The van der Waals surface area contributed by atoms with Crippen molar-refractivity contribution in [3.63, 3.8) is 0 Å². The van der Waals surface area contributed by atoms with Gasteiger partial charge in [0.05, 0.1) is 18.2 Å². The quantitative estimate of drug-likeness (QED) is 0.792. The standard InChI is InChI=1S/C18H20N2O/c1-2-21-18-9-4-3-8-17(18)10-11-20-14-16-7-5-6-15(12-16)13-19/h3-9,12,20H,2,10-11,14H2,1H3. The minimum absolute atomic E-state index is 0.686. The fourth-order valence-electron chi connectivity index (χ4n) is 2.21. The second-order valence-electron chi connectivity index (χ2n) is 4.78. The van der Waals surface area contributed by atoms with Crippen molar-refractivity contribution >= 4 is 0 Å². The molecule has 0 heterocycles. The molecule has 0 fully saturated rings. The predicted octanol–water partition coefficient (Wildman–Crippen LogP) is 3.29. The van der Waals surface area contributed by atoms with Crippen LogP contribution >= 0.6 is 0 Å². The summed E-state index contributed by atoms with van der Waals surface area (Å²) in [5, 5.41) is 12.3. The Morgan fingerprint density at radius 2 is 2.00 bits per heavy atom. The molecule has 1 N–H and O–H groups in total. The fourth-order valence-corrected chi connectivity index (χ4v) is 2.21. The van der Waals surface area contributed by atoms with Crippen molar-refractivity contribution in [2.24, 2.45) is 0 Å². The van der Waals surface area contributed by atoms with E-state index in [2.05, 4.69) is 17.5 Å². The third-order valence-electron chi connectivity index (χ3n) is 3.23. The predicted molar refractivity (Wildman–Crippen MR) is 84.2 cm³/mol. The number of rotatable bonds is 7. The molecular weight excluding hydrogens is 260 g/mol. The number of nitriles is 1. The number of para-hydroxylation sites is 1. The first-order chi connectivity index (χ1) is 10.3. The average Bonchev–Trinajstić information content (AvgIpc) is 2.53. The molecule has 0 atom stereocenters. The van der Waals surface area contributed by atoms with Gasteiger partial charge in [-0.3, -0.25) is 0 Å². The van der Waals surface area contributed by atoms with Crippen molar-refractivity contribution in [3.8, 4) is 11.8 Å². The highest BCUT2D eigenvalue weighted by Crippen LogP contribution is 2.18. The Hall–Kier alpha value is -2.31. The molecule has 3 heteroatoms. The zero-order valence-electron chi connectivity index (χ0n) is 12.3. The Bertz CT molecular complexity index is 617. The minimum Gasteiger partial charge on any atom is -0.494 e. The van der Waals surface area contributed by atoms with E-state index in [1.807, 2.05) is 49.4 Å². The summed E-state index contributed by atoms with van der Waals surface area (Å²) in [7, 11) is 0. The number of nitrogens with one attached hydrogen (secondary N) is 1. The van der Waals surface area contributed by atoms with Crippen LogP contribution in [0.25, 0.3) is 0 Å². The van der Waals surface area contributed by atoms with Gasteiger partial charge < -0.3 is 10.1 Å². The Labute approximate surface area is 126 Å². The van der Waals surface area contributed by atoms with E-state index in [9.17, 15) is 0 Å². The third-order valence-corrected chi connectivity index (χ3v) is 3.23. The number of hydrogen-bond donors (Lipinski definition) is 1. The van der Waals surface area contributed by atoms with Crippen LogP contribution in [-0.2, 0) is 13.0 Å². The molecule has 0 radical (unpaired) electrons. The van der Waals surface area contributed by atoms with Gasteiger partial charge in [-0.2, -0.15) is 5.26 Å². The van der Waals surface area contributed by atoms with Crippen LogP contribution in [0.3, 0.4) is 0 Å². The topological polar surface area (TPSA) is 45.0 Å². The molecule has 0 saturated carbocycles. The summed E-state index contributed by atoms with van der Waals surface area (Å²) >= 11 is 0. The number of hydrogen-bond acceptors (Lipinski definition) is 3. The zero-order valence-corrected chi connectivity index (χ0v) is 12.3. The second-order valence-corrected chi connectivity index (χ2v) is 4.78. The Balaban J connectivity index is 1.83. The van der Waals surface area contributed by atoms with Gasteiger partial charge in [-0.25, -0.2) is 0 Å². The number of ether oxygens (including phenoxy) is 1. The van der Waals surface area contributed by atoms with Gasteiger partial charge in [-0.1, -0.05) is 30.3 Å². The highest BCUT2D eigenvalue weighted by atomic mass is 16.5. The van der Waals surface area contributed by atoms with Crippen LogP contribution in [0.1, 0.15) is 23.6 Å². The van der Waals surface area contributed by atoms with Crippen molar-refractivity contribution in [1.29, 1.82) is 5.26 Å². The molecular formula is C18H20N2O. The molecule has 0 aromatic heterocycles. The second kappa shape index (κ2) is 8.08. The summed E-state index contributed by atoms with van der Waals surface area (Å²) < 4.78 is 5.62. The maximum absolute atomic E-state index is 8.88. The van der Waals surface area contributed by atoms with Gasteiger partial charge in [0, 0.05) is 6.54 Å². The first-order valence-electron chi connectivity index (χ1n) is 7.24. The largest absolute Gasteiger partial charge is 0.494 e. The lowest BCUT2D eigenvalue weighted by Crippen LogP contribution is -2.17. The van der Waals surface area contributed by atoms with Crippen LogP contribution in [-0.4, -0.2) is 13.2 Å². The van der Waals surface area contributed by atoms with Crippen molar-refractivity contribution in [3.05, 3.63) is 65.2 Å². The Morgan fingerprint density at radius 1 is 1.14 bits per heavy atom. The lowest BCUT2D eigenvalue weighted by Gasteiger charge is -2.10. The van der Waals surface area contributed by atoms with E-state index in [-0.39, 0.29) is 0 Å².